The highest BCUT2D eigenvalue weighted by atomic mass is 15.2. The van der Waals surface area contributed by atoms with Crippen molar-refractivity contribution in [3.63, 3.8) is 0 Å². The van der Waals surface area contributed by atoms with Crippen LogP contribution in [0.2, 0.25) is 0 Å². The molecule has 0 aromatic rings. The third-order valence-corrected chi connectivity index (χ3v) is 3.18. The van der Waals surface area contributed by atoms with Crippen LogP contribution in [0.1, 0.15) is 26.2 Å². The van der Waals surface area contributed by atoms with E-state index in [1.165, 1.54) is 25.1 Å². The monoisotopic (exact) mass is 195 g/mol. The van der Waals surface area contributed by atoms with Gasteiger partial charge in [-0.1, -0.05) is 6.92 Å². The van der Waals surface area contributed by atoms with Crippen molar-refractivity contribution in [2.75, 3.05) is 20.1 Å². The van der Waals surface area contributed by atoms with E-state index in [1.54, 1.807) is 0 Å². The molecule has 1 spiro atoms. The second-order valence-electron chi connectivity index (χ2n) is 4.84. The summed E-state index contributed by atoms with van der Waals surface area (Å²) in [4.78, 5) is 2.39. The molecule has 3 nitrogen and oxygen atoms in total. The van der Waals surface area contributed by atoms with Crippen molar-refractivity contribution < 1.29 is 0 Å². The van der Waals surface area contributed by atoms with Crippen molar-refractivity contribution in [2.45, 2.75) is 37.8 Å². The van der Waals surface area contributed by atoms with E-state index < -0.39 is 0 Å². The van der Waals surface area contributed by atoms with Crippen LogP contribution in [0.15, 0.2) is 11.8 Å². The molecule has 0 aromatic heterocycles. The summed E-state index contributed by atoms with van der Waals surface area (Å²) in [6.45, 7) is 4.34. The van der Waals surface area contributed by atoms with Crippen LogP contribution in [-0.4, -0.2) is 36.6 Å². The van der Waals surface area contributed by atoms with E-state index >= 15 is 0 Å². The average Bonchev–Trinajstić information content (AvgIpc) is 2.82. The molecule has 1 aliphatic carbocycles. The summed E-state index contributed by atoms with van der Waals surface area (Å²) in [6.07, 6.45) is 5.84. The van der Waals surface area contributed by atoms with Gasteiger partial charge in [0.1, 0.15) is 0 Å². The van der Waals surface area contributed by atoms with Gasteiger partial charge in [0.15, 0.2) is 0 Å². The number of nitrogens with one attached hydrogen (secondary N) is 1. The van der Waals surface area contributed by atoms with Crippen molar-refractivity contribution in [3.8, 4) is 0 Å². The fraction of sp³-hybridized carbons (Fsp3) is 0.818. The molecule has 1 unspecified atom stereocenters. The minimum atomic E-state index is 0.208. The Balaban J connectivity index is 2.01. The summed E-state index contributed by atoms with van der Waals surface area (Å²) in [5.74, 6) is 0. The lowest BCUT2D eigenvalue weighted by Gasteiger charge is -2.34. The van der Waals surface area contributed by atoms with E-state index in [0.29, 0.717) is 5.54 Å². The van der Waals surface area contributed by atoms with Crippen LogP contribution in [0.5, 0.6) is 0 Å². The quantitative estimate of drug-likeness (QED) is 0.680. The maximum Gasteiger partial charge on any atom is 0.0499 e. The summed E-state index contributed by atoms with van der Waals surface area (Å²) < 4.78 is 0. The van der Waals surface area contributed by atoms with E-state index in [4.69, 9.17) is 5.73 Å². The van der Waals surface area contributed by atoms with Crippen LogP contribution in [0.25, 0.3) is 0 Å². The third kappa shape index (κ3) is 2.10. The van der Waals surface area contributed by atoms with Crippen LogP contribution in [0.4, 0.5) is 0 Å². The summed E-state index contributed by atoms with van der Waals surface area (Å²) in [5.41, 5.74) is 7.66. The minimum Gasteiger partial charge on any atom is -0.381 e. The molecule has 1 saturated heterocycles. The van der Waals surface area contributed by atoms with Gasteiger partial charge in [-0.15, -0.1) is 0 Å². The molecule has 2 rings (SSSR count). The van der Waals surface area contributed by atoms with Crippen LogP contribution in [0.3, 0.4) is 0 Å². The first-order chi connectivity index (χ1) is 6.63. The van der Waals surface area contributed by atoms with Crippen LogP contribution >= 0.6 is 0 Å². The number of hydrogen-bond acceptors (Lipinski definition) is 3. The maximum atomic E-state index is 5.92. The molecular formula is C11H21N3. The van der Waals surface area contributed by atoms with Crippen molar-refractivity contribution in [2.24, 2.45) is 5.73 Å². The van der Waals surface area contributed by atoms with Gasteiger partial charge in [-0.25, -0.2) is 0 Å². The summed E-state index contributed by atoms with van der Waals surface area (Å²) >= 11 is 0. The van der Waals surface area contributed by atoms with Crippen LogP contribution < -0.4 is 11.1 Å². The molecule has 2 fully saturated rings. The fourth-order valence-electron chi connectivity index (χ4n) is 2.19. The van der Waals surface area contributed by atoms with Gasteiger partial charge in [-0.3, -0.25) is 4.90 Å². The molecule has 3 heteroatoms. The first kappa shape index (κ1) is 9.99. The van der Waals surface area contributed by atoms with Gasteiger partial charge in [0.2, 0.25) is 0 Å². The average molecular weight is 195 g/mol. The number of piperazine rings is 1. The Labute approximate surface area is 86.3 Å². The van der Waals surface area contributed by atoms with Crippen LogP contribution in [-0.2, 0) is 0 Å². The first-order valence-electron chi connectivity index (χ1n) is 5.56. The Bertz CT molecular complexity index is 243. The molecule has 0 amide bonds. The zero-order valence-electron chi connectivity index (χ0n) is 9.21. The van der Waals surface area contributed by atoms with Gasteiger partial charge in [0, 0.05) is 30.4 Å². The molecule has 1 saturated carbocycles. The fourth-order valence-corrected chi connectivity index (χ4v) is 2.19. The van der Waals surface area contributed by atoms with Crippen molar-refractivity contribution >= 4 is 0 Å². The van der Waals surface area contributed by atoms with E-state index in [0.717, 1.165) is 13.0 Å². The molecule has 3 N–H and O–H groups in total. The smallest absolute Gasteiger partial charge is 0.0499 e. The predicted octanol–water partition coefficient (Wildman–Crippen LogP) is 0.675. The van der Waals surface area contributed by atoms with Crippen molar-refractivity contribution in [1.29, 1.82) is 0 Å². The Morgan fingerprint density at radius 2 is 2.36 bits per heavy atom. The second kappa shape index (κ2) is 3.55. The molecule has 1 heterocycles. The second-order valence-corrected chi connectivity index (χ2v) is 4.84. The zero-order chi connectivity index (χ0) is 10.2. The topological polar surface area (TPSA) is 41.3 Å². The van der Waals surface area contributed by atoms with Gasteiger partial charge < -0.3 is 11.1 Å². The number of hydrogen-bond donors (Lipinski definition) is 2. The first-order valence-corrected chi connectivity index (χ1v) is 5.56. The van der Waals surface area contributed by atoms with Crippen LogP contribution in [0, 0.1) is 0 Å². The van der Waals surface area contributed by atoms with E-state index in [1.807, 2.05) is 0 Å². The zero-order valence-corrected chi connectivity index (χ0v) is 9.21. The maximum absolute atomic E-state index is 5.92. The molecule has 0 radical (unpaired) electrons. The number of nitrogens with two attached hydrogens (primary N) is 1. The third-order valence-electron chi connectivity index (χ3n) is 3.18. The molecule has 80 valence electrons. The summed E-state index contributed by atoms with van der Waals surface area (Å²) in [5, 5.41) is 3.64. The number of likely N-dealkylation sites (N-methyl/N-ethyl adjacent to an activating group) is 1. The highest BCUT2D eigenvalue weighted by molar-refractivity contribution is 5.19. The number of rotatable bonds is 2. The molecule has 1 atom stereocenters. The predicted molar refractivity (Wildman–Crippen MR) is 58.9 cm³/mol. The van der Waals surface area contributed by atoms with E-state index in [9.17, 15) is 0 Å². The lowest BCUT2D eigenvalue weighted by atomic mass is 10.1. The molecule has 1 aliphatic heterocycles. The van der Waals surface area contributed by atoms with Gasteiger partial charge >= 0.3 is 0 Å². The highest BCUT2D eigenvalue weighted by Crippen LogP contribution is 2.38. The van der Waals surface area contributed by atoms with Crippen molar-refractivity contribution in [3.05, 3.63) is 11.8 Å². The Morgan fingerprint density at radius 3 is 2.93 bits per heavy atom. The standard InChI is InChI=1S/C11H21N3/c1-3-9(12)6-10-7-14(2)8-11(13-10)4-5-11/h6,9,13H,3-5,7-8,12H2,1-2H3/b10-6-. The Morgan fingerprint density at radius 1 is 1.64 bits per heavy atom. The molecule has 14 heavy (non-hydrogen) atoms. The molecule has 0 bridgehead atoms. The highest BCUT2D eigenvalue weighted by Gasteiger charge is 2.46. The van der Waals surface area contributed by atoms with E-state index in [2.05, 4.69) is 30.3 Å². The summed E-state index contributed by atoms with van der Waals surface area (Å²) in [7, 11) is 2.19. The van der Waals surface area contributed by atoms with Gasteiger partial charge in [0.25, 0.3) is 0 Å². The Kier molecular flexibility index (Phi) is 2.54. The minimum absolute atomic E-state index is 0.208. The lowest BCUT2D eigenvalue weighted by molar-refractivity contribution is 0.257. The Hall–Kier alpha value is -0.540. The largest absolute Gasteiger partial charge is 0.381 e. The van der Waals surface area contributed by atoms with E-state index in [-0.39, 0.29) is 6.04 Å². The van der Waals surface area contributed by atoms with Gasteiger partial charge in [-0.2, -0.15) is 0 Å². The van der Waals surface area contributed by atoms with Gasteiger partial charge in [-0.05, 0) is 32.4 Å². The molecule has 0 aromatic carbocycles. The SMILES string of the molecule is CCC(N)/C=C1/CN(C)CC2(CC2)N1. The molecular weight excluding hydrogens is 174 g/mol. The lowest BCUT2D eigenvalue weighted by Crippen LogP contribution is -2.49. The summed E-state index contributed by atoms with van der Waals surface area (Å²) in [6, 6.07) is 0.208. The van der Waals surface area contributed by atoms with Gasteiger partial charge in [0.05, 0.1) is 0 Å². The number of nitrogens with zero attached hydrogens (tertiary/aromatic N) is 1. The molecule has 2 aliphatic rings. The normalized spacial score (nSPS) is 30.4. The van der Waals surface area contributed by atoms with Crippen molar-refractivity contribution in [1.82, 2.24) is 10.2 Å².